The molecule has 0 amide bonds. The number of nitrogens with one attached hydrogen (secondary N) is 1. The highest BCUT2D eigenvalue weighted by Gasteiger charge is 2.04. The number of carboxylic acid groups (broad SMARTS) is 1. The SMILES string of the molecule is CC=C(NOCCOc1cccc(CC(=O)O)c1)c1ccc(-c2cccs2)cc1. The third kappa shape index (κ3) is 6.20. The second-order valence-electron chi connectivity index (χ2n) is 6.27. The number of carbonyl (C=O) groups is 1. The summed E-state index contributed by atoms with van der Waals surface area (Å²) in [6, 6.07) is 19.5. The highest BCUT2D eigenvalue weighted by atomic mass is 32.1. The molecule has 3 aromatic rings. The Morgan fingerprint density at radius 3 is 2.62 bits per heavy atom. The molecule has 29 heavy (non-hydrogen) atoms. The van der Waals surface area contributed by atoms with Crippen LogP contribution in [0, 0.1) is 0 Å². The van der Waals surface area contributed by atoms with Crippen LogP contribution in [0.1, 0.15) is 18.1 Å². The van der Waals surface area contributed by atoms with Crippen LogP contribution in [0.25, 0.3) is 16.1 Å². The zero-order chi connectivity index (χ0) is 20.5. The van der Waals surface area contributed by atoms with Gasteiger partial charge in [-0.1, -0.05) is 48.5 Å². The molecule has 0 saturated heterocycles. The number of aliphatic carboxylic acids is 1. The van der Waals surface area contributed by atoms with Gasteiger partial charge in [0.2, 0.25) is 0 Å². The van der Waals surface area contributed by atoms with Gasteiger partial charge < -0.3 is 9.84 Å². The molecular formula is C23H23NO4S. The molecule has 0 bridgehead atoms. The van der Waals surface area contributed by atoms with Gasteiger partial charge in [0.25, 0.3) is 0 Å². The normalized spacial score (nSPS) is 11.3. The fourth-order valence-electron chi connectivity index (χ4n) is 2.79. The molecule has 0 atom stereocenters. The molecule has 0 radical (unpaired) electrons. The van der Waals surface area contributed by atoms with Crippen LogP contribution in [0.5, 0.6) is 5.75 Å². The van der Waals surface area contributed by atoms with Gasteiger partial charge in [-0.05, 0) is 47.2 Å². The Labute approximate surface area is 174 Å². The van der Waals surface area contributed by atoms with Crippen LogP contribution < -0.4 is 10.2 Å². The third-order valence-corrected chi connectivity index (χ3v) is 5.10. The first kappa shape index (κ1) is 20.6. The van der Waals surface area contributed by atoms with E-state index in [0.29, 0.717) is 24.5 Å². The smallest absolute Gasteiger partial charge is 0.307 e. The van der Waals surface area contributed by atoms with E-state index >= 15 is 0 Å². The van der Waals surface area contributed by atoms with Gasteiger partial charge in [-0.2, -0.15) is 0 Å². The molecule has 2 aromatic carbocycles. The fraction of sp³-hybridized carbons (Fsp3) is 0.174. The Hall–Kier alpha value is -3.09. The van der Waals surface area contributed by atoms with E-state index in [1.165, 1.54) is 10.4 Å². The van der Waals surface area contributed by atoms with Crippen molar-refractivity contribution < 1.29 is 19.5 Å². The molecule has 6 heteroatoms. The molecule has 5 nitrogen and oxygen atoms in total. The van der Waals surface area contributed by atoms with Crippen LogP contribution >= 0.6 is 11.3 Å². The summed E-state index contributed by atoms with van der Waals surface area (Å²) in [6.07, 6.45) is 1.93. The number of hydrogen-bond donors (Lipinski definition) is 2. The standard InChI is InChI=1S/C23H23NO4S/c1-2-21(18-8-10-19(11-9-18)22-7-4-14-29-22)24-28-13-12-27-20-6-3-5-17(15-20)16-23(25)26/h2-11,14-15,24H,12-13,16H2,1H3,(H,25,26). The predicted octanol–water partition coefficient (Wildman–Crippen LogP) is 5.00. The third-order valence-electron chi connectivity index (χ3n) is 4.18. The van der Waals surface area contributed by atoms with E-state index in [2.05, 4.69) is 41.2 Å². The molecule has 0 saturated carbocycles. The van der Waals surface area contributed by atoms with Crippen LogP contribution in [0.4, 0.5) is 0 Å². The van der Waals surface area contributed by atoms with Gasteiger partial charge in [0.15, 0.2) is 0 Å². The van der Waals surface area contributed by atoms with Gasteiger partial charge in [0.1, 0.15) is 19.0 Å². The lowest BCUT2D eigenvalue weighted by atomic mass is 10.1. The molecule has 1 aromatic heterocycles. The molecule has 0 aliphatic heterocycles. The number of hydroxylamine groups is 1. The summed E-state index contributed by atoms with van der Waals surface area (Å²) in [7, 11) is 0. The van der Waals surface area contributed by atoms with E-state index in [0.717, 1.165) is 11.3 Å². The van der Waals surface area contributed by atoms with Gasteiger partial charge in [0.05, 0.1) is 12.1 Å². The topological polar surface area (TPSA) is 67.8 Å². The number of hydrogen-bond acceptors (Lipinski definition) is 5. The molecular weight excluding hydrogens is 386 g/mol. The summed E-state index contributed by atoms with van der Waals surface area (Å²) in [5.74, 6) is -0.236. The molecule has 0 unspecified atom stereocenters. The van der Waals surface area contributed by atoms with Crippen LogP contribution in [0.15, 0.2) is 72.1 Å². The van der Waals surface area contributed by atoms with Crippen molar-refractivity contribution in [2.24, 2.45) is 0 Å². The van der Waals surface area contributed by atoms with Gasteiger partial charge in [-0.3, -0.25) is 15.1 Å². The first-order chi connectivity index (χ1) is 14.2. The fourth-order valence-corrected chi connectivity index (χ4v) is 3.52. The van der Waals surface area contributed by atoms with Crippen molar-refractivity contribution in [3.8, 4) is 16.2 Å². The van der Waals surface area contributed by atoms with E-state index < -0.39 is 5.97 Å². The molecule has 0 fully saturated rings. The van der Waals surface area contributed by atoms with Crippen molar-refractivity contribution in [2.45, 2.75) is 13.3 Å². The maximum Gasteiger partial charge on any atom is 0.307 e. The quantitative estimate of drug-likeness (QED) is 0.364. The largest absolute Gasteiger partial charge is 0.491 e. The molecule has 1 heterocycles. The van der Waals surface area contributed by atoms with Crippen molar-refractivity contribution in [1.82, 2.24) is 5.48 Å². The van der Waals surface area contributed by atoms with E-state index in [1.807, 2.05) is 19.1 Å². The average Bonchev–Trinajstić information content (AvgIpc) is 3.26. The monoisotopic (exact) mass is 409 g/mol. The first-order valence-corrected chi connectivity index (χ1v) is 10.2. The van der Waals surface area contributed by atoms with Gasteiger partial charge >= 0.3 is 5.97 Å². The molecule has 150 valence electrons. The Bertz CT molecular complexity index is 949. The Morgan fingerprint density at radius 1 is 1.10 bits per heavy atom. The summed E-state index contributed by atoms with van der Waals surface area (Å²) >= 11 is 1.72. The summed E-state index contributed by atoms with van der Waals surface area (Å²) < 4.78 is 5.63. The molecule has 0 aliphatic rings. The van der Waals surface area contributed by atoms with Crippen molar-refractivity contribution in [2.75, 3.05) is 13.2 Å². The maximum atomic E-state index is 10.8. The molecule has 0 spiro atoms. The van der Waals surface area contributed by atoms with E-state index in [-0.39, 0.29) is 6.42 Å². The zero-order valence-corrected chi connectivity index (χ0v) is 16.9. The minimum Gasteiger partial charge on any atom is -0.491 e. The molecule has 3 rings (SSSR count). The van der Waals surface area contributed by atoms with Gasteiger partial charge in [-0.25, -0.2) is 0 Å². The maximum absolute atomic E-state index is 10.8. The van der Waals surface area contributed by atoms with E-state index in [9.17, 15) is 4.79 Å². The van der Waals surface area contributed by atoms with Crippen LogP contribution in [-0.2, 0) is 16.1 Å². The Morgan fingerprint density at radius 2 is 1.93 bits per heavy atom. The van der Waals surface area contributed by atoms with Gasteiger partial charge in [0, 0.05) is 4.88 Å². The minimum atomic E-state index is -0.864. The summed E-state index contributed by atoms with van der Waals surface area (Å²) in [5, 5.41) is 10.9. The first-order valence-electron chi connectivity index (χ1n) is 9.27. The van der Waals surface area contributed by atoms with Crippen molar-refractivity contribution >= 4 is 23.0 Å². The van der Waals surface area contributed by atoms with Gasteiger partial charge in [-0.15, -0.1) is 11.3 Å². The van der Waals surface area contributed by atoms with Crippen LogP contribution in [0.3, 0.4) is 0 Å². The number of allylic oxidation sites excluding steroid dienone is 1. The number of rotatable bonds is 10. The van der Waals surface area contributed by atoms with E-state index in [4.69, 9.17) is 14.7 Å². The minimum absolute atomic E-state index is 0.0226. The molecule has 2 N–H and O–H groups in total. The average molecular weight is 410 g/mol. The van der Waals surface area contributed by atoms with Crippen molar-refractivity contribution in [3.63, 3.8) is 0 Å². The number of carboxylic acids is 1. The second-order valence-corrected chi connectivity index (χ2v) is 7.22. The van der Waals surface area contributed by atoms with Crippen LogP contribution in [-0.4, -0.2) is 24.3 Å². The summed E-state index contributed by atoms with van der Waals surface area (Å²) in [4.78, 5) is 17.6. The number of thiophene rings is 1. The number of benzene rings is 2. The van der Waals surface area contributed by atoms with Crippen molar-refractivity contribution in [3.05, 3.63) is 83.2 Å². The Balaban J connectivity index is 1.45. The second kappa shape index (κ2) is 10.5. The number of ether oxygens (including phenoxy) is 1. The predicted molar refractivity (Wildman–Crippen MR) is 116 cm³/mol. The zero-order valence-electron chi connectivity index (χ0n) is 16.1. The lowest BCUT2D eigenvalue weighted by Gasteiger charge is -2.12. The van der Waals surface area contributed by atoms with Crippen LogP contribution in [0.2, 0.25) is 0 Å². The lowest BCUT2D eigenvalue weighted by Crippen LogP contribution is -2.17. The van der Waals surface area contributed by atoms with Crippen molar-refractivity contribution in [1.29, 1.82) is 0 Å². The summed E-state index contributed by atoms with van der Waals surface area (Å²) in [6.45, 7) is 2.63. The highest BCUT2D eigenvalue weighted by molar-refractivity contribution is 7.13. The summed E-state index contributed by atoms with van der Waals surface area (Å²) in [5.41, 5.74) is 6.79. The lowest BCUT2D eigenvalue weighted by molar-refractivity contribution is -0.136. The van der Waals surface area contributed by atoms with E-state index in [1.54, 1.807) is 35.6 Å². The highest BCUT2D eigenvalue weighted by Crippen LogP contribution is 2.25. The molecule has 0 aliphatic carbocycles. The Kier molecular flexibility index (Phi) is 7.44.